The number of aromatic nitrogens is 1. The number of nitriles is 1. The van der Waals surface area contributed by atoms with Crippen molar-refractivity contribution in [3.8, 4) is 6.07 Å². The third-order valence-electron chi connectivity index (χ3n) is 4.04. The van der Waals surface area contributed by atoms with Crippen molar-refractivity contribution in [2.24, 2.45) is 5.92 Å². The molecule has 0 saturated carbocycles. The van der Waals surface area contributed by atoms with Crippen molar-refractivity contribution in [1.82, 2.24) is 9.88 Å². The van der Waals surface area contributed by atoms with Gasteiger partial charge in [0.2, 0.25) is 0 Å². The summed E-state index contributed by atoms with van der Waals surface area (Å²) < 4.78 is 1.68. The molecule has 4 nitrogen and oxygen atoms in total. The molecule has 0 atom stereocenters. The van der Waals surface area contributed by atoms with Crippen LogP contribution in [-0.2, 0) is 6.54 Å². The molecule has 4 heteroatoms. The fourth-order valence-corrected chi connectivity index (χ4v) is 2.75. The third-order valence-corrected chi connectivity index (χ3v) is 4.04. The molecule has 2 rings (SSSR count). The number of hydrogen-bond acceptors (Lipinski definition) is 3. The molecule has 1 aliphatic heterocycles. The molecule has 1 aromatic heterocycles. The lowest BCUT2D eigenvalue weighted by molar-refractivity contribution is 0.457. The van der Waals surface area contributed by atoms with Gasteiger partial charge in [-0.25, -0.2) is 0 Å². The van der Waals surface area contributed by atoms with E-state index < -0.39 is 0 Å². The van der Waals surface area contributed by atoms with Crippen LogP contribution in [0.2, 0.25) is 0 Å². The van der Waals surface area contributed by atoms with Crippen molar-refractivity contribution in [1.29, 1.82) is 5.26 Å². The van der Waals surface area contributed by atoms with Gasteiger partial charge in [-0.3, -0.25) is 4.79 Å². The predicted octanol–water partition coefficient (Wildman–Crippen LogP) is 2.23. The van der Waals surface area contributed by atoms with E-state index in [0.29, 0.717) is 23.9 Å². The van der Waals surface area contributed by atoms with Crippen LogP contribution in [0.1, 0.15) is 50.2 Å². The fourth-order valence-electron chi connectivity index (χ4n) is 2.75. The predicted molar refractivity (Wildman–Crippen MR) is 79.7 cm³/mol. The number of hydrogen-bond donors (Lipinski definition) is 1. The zero-order valence-electron chi connectivity index (χ0n) is 12.4. The molecule has 0 radical (unpaired) electrons. The van der Waals surface area contributed by atoms with Crippen molar-refractivity contribution in [3.63, 3.8) is 0 Å². The van der Waals surface area contributed by atoms with Gasteiger partial charge in [-0.05, 0) is 55.8 Å². The van der Waals surface area contributed by atoms with E-state index in [-0.39, 0.29) is 5.56 Å². The monoisotopic (exact) mass is 273 g/mol. The molecular formula is C16H23N3O. The van der Waals surface area contributed by atoms with Crippen LogP contribution in [0.25, 0.3) is 0 Å². The van der Waals surface area contributed by atoms with E-state index in [9.17, 15) is 10.1 Å². The second-order valence-electron chi connectivity index (χ2n) is 5.96. The standard InChI is InChI=1S/C16H23N3O/c1-12(2)5-9-19-10-6-14(15(11-17)16(19)20)13-3-7-18-8-4-13/h6,10,12-13,18H,3-5,7-9H2,1-2H3. The van der Waals surface area contributed by atoms with Gasteiger partial charge in [0.05, 0.1) is 0 Å². The van der Waals surface area contributed by atoms with E-state index in [2.05, 4.69) is 25.2 Å². The van der Waals surface area contributed by atoms with E-state index in [1.165, 1.54) is 0 Å². The zero-order valence-corrected chi connectivity index (χ0v) is 12.4. The van der Waals surface area contributed by atoms with Crippen LogP contribution in [-0.4, -0.2) is 17.7 Å². The molecule has 2 heterocycles. The molecule has 1 aromatic rings. The van der Waals surface area contributed by atoms with Gasteiger partial charge in [-0.1, -0.05) is 13.8 Å². The van der Waals surface area contributed by atoms with Crippen molar-refractivity contribution >= 4 is 0 Å². The average molecular weight is 273 g/mol. The summed E-state index contributed by atoms with van der Waals surface area (Å²) in [6.45, 7) is 6.90. The number of aryl methyl sites for hydroxylation is 1. The molecule has 0 unspecified atom stereocenters. The summed E-state index contributed by atoms with van der Waals surface area (Å²) in [7, 11) is 0. The van der Waals surface area contributed by atoms with Gasteiger partial charge in [-0.2, -0.15) is 5.26 Å². The summed E-state index contributed by atoms with van der Waals surface area (Å²) in [4.78, 5) is 12.4. The Bertz CT molecular complexity index is 548. The number of rotatable bonds is 4. The molecule has 0 aromatic carbocycles. The first-order valence-electron chi connectivity index (χ1n) is 7.47. The first-order chi connectivity index (χ1) is 9.63. The summed E-state index contributed by atoms with van der Waals surface area (Å²) >= 11 is 0. The fraction of sp³-hybridized carbons (Fsp3) is 0.625. The Morgan fingerprint density at radius 2 is 2.15 bits per heavy atom. The largest absolute Gasteiger partial charge is 0.317 e. The van der Waals surface area contributed by atoms with Crippen LogP contribution < -0.4 is 10.9 Å². The summed E-state index contributed by atoms with van der Waals surface area (Å²) in [6, 6.07) is 4.12. The smallest absolute Gasteiger partial charge is 0.268 e. The lowest BCUT2D eigenvalue weighted by Gasteiger charge is -2.24. The van der Waals surface area contributed by atoms with Crippen LogP contribution in [0, 0.1) is 17.2 Å². The molecule has 0 spiro atoms. The van der Waals surface area contributed by atoms with Crippen LogP contribution in [0.3, 0.4) is 0 Å². The molecule has 1 aliphatic rings. The molecule has 0 amide bonds. The molecule has 20 heavy (non-hydrogen) atoms. The molecule has 0 bridgehead atoms. The Morgan fingerprint density at radius 1 is 1.45 bits per heavy atom. The van der Waals surface area contributed by atoms with Crippen molar-refractivity contribution < 1.29 is 0 Å². The Kier molecular flexibility index (Phi) is 4.97. The van der Waals surface area contributed by atoms with E-state index in [1.807, 2.05) is 12.3 Å². The summed E-state index contributed by atoms with van der Waals surface area (Å²) in [5.74, 6) is 0.898. The maximum atomic E-state index is 12.4. The van der Waals surface area contributed by atoms with Crippen LogP contribution >= 0.6 is 0 Å². The second-order valence-corrected chi connectivity index (χ2v) is 5.96. The molecule has 108 valence electrons. The van der Waals surface area contributed by atoms with Gasteiger partial charge in [0.15, 0.2) is 0 Å². The first-order valence-corrected chi connectivity index (χ1v) is 7.47. The highest BCUT2D eigenvalue weighted by Gasteiger charge is 2.20. The van der Waals surface area contributed by atoms with Gasteiger partial charge in [0.25, 0.3) is 5.56 Å². The highest BCUT2D eigenvalue weighted by Crippen LogP contribution is 2.26. The Morgan fingerprint density at radius 3 is 2.75 bits per heavy atom. The summed E-state index contributed by atoms with van der Waals surface area (Å²) in [5.41, 5.74) is 1.17. The van der Waals surface area contributed by atoms with Crippen molar-refractivity contribution in [2.45, 2.75) is 45.6 Å². The van der Waals surface area contributed by atoms with E-state index in [4.69, 9.17) is 0 Å². The number of piperidine rings is 1. The highest BCUT2D eigenvalue weighted by molar-refractivity contribution is 5.38. The Labute approximate surface area is 120 Å². The molecule has 1 fully saturated rings. The normalized spacial score (nSPS) is 16.3. The minimum Gasteiger partial charge on any atom is -0.317 e. The SMILES string of the molecule is CC(C)CCn1ccc(C2CCNCC2)c(C#N)c1=O. The van der Waals surface area contributed by atoms with Crippen molar-refractivity contribution in [2.75, 3.05) is 13.1 Å². The molecular weight excluding hydrogens is 250 g/mol. The number of pyridine rings is 1. The van der Waals surface area contributed by atoms with Crippen LogP contribution in [0.4, 0.5) is 0 Å². The minimum absolute atomic E-state index is 0.121. The van der Waals surface area contributed by atoms with Crippen LogP contribution in [0.5, 0.6) is 0 Å². The van der Waals surface area contributed by atoms with E-state index in [0.717, 1.165) is 37.9 Å². The summed E-state index contributed by atoms with van der Waals surface area (Å²) in [6.07, 6.45) is 4.83. The van der Waals surface area contributed by atoms with E-state index >= 15 is 0 Å². The minimum atomic E-state index is -0.121. The van der Waals surface area contributed by atoms with Gasteiger partial charge < -0.3 is 9.88 Å². The van der Waals surface area contributed by atoms with Crippen LogP contribution in [0.15, 0.2) is 17.1 Å². The zero-order chi connectivity index (χ0) is 14.5. The molecule has 1 N–H and O–H groups in total. The van der Waals surface area contributed by atoms with Gasteiger partial charge in [0, 0.05) is 12.7 Å². The lowest BCUT2D eigenvalue weighted by Crippen LogP contribution is -2.30. The van der Waals surface area contributed by atoms with Gasteiger partial charge >= 0.3 is 0 Å². The van der Waals surface area contributed by atoms with Gasteiger partial charge in [-0.15, -0.1) is 0 Å². The molecule has 1 saturated heterocycles. The Balaban J connectivity index is 2.29. The number of nitrogens with one attached hydrogen (secondary N) is 1. The summed E-state index contributed by atoms with van der Waals surface area (Å²) in [5, 5.41) is 12.7. The second kappa shape index (κ2) is 6.71. The topological polar surface area (TPSA) is 57.8 Å². The maximum Gasteiger partial charge on any atom is 0.268 e. The highest BCUT2D eigenvalue weighted by atomic mass is 16.1. The quantitative estimate of drug-likeness (QED) is 0.915. The number of nitrogens with zero attached hydrogens (tertiary/aromatic N) is 2. The third kappa shape index (κ3) is 3.29. The van der Waals surface area contributed by atoms with Crippen molar-refractivity contribution in [3.05, 3.63) is 33.7 Å². The Hall–Kier alpha value is -1.60. The maximum absolute atomic E-state index is 12.4. The first kappa shape index (κ1) is 14.8. The molecule has 0 aliphatic carbocycles. The van der Waals surface area contributed by atoms with Gasteiger partial charge in [0.1, 0.15) is 11.6 Å². The van der Waals surface area contributed by atoms with E-state index in [1.54, 1.807) is 4.57 Å². The lowest BCUT2D eigenvalue weighted by atomic mass is 9.88. The average Bonchev–Trinajstić information content (AvgIpc) is 2.46.